The summed E-state index contributed by atoms with van der Waals surface area (Å²) in [4.78, 5) is 13.6. The maximum atomic E-state index is 11.8. The standard InChI is InChI=1S/C23H18N2O4/c1-28-23(27)15-10-12-16(13-11-15)25-19(14-24)17-6-3-5-9-21(17)29-22(25)18-7-2-4-8-20(18)26/h2-13,19,22,26H,1H3. The van der Waals surface area contributed by atoms with Gasteiger partial charge in [-0.25, -0.2) is 4.79 Å². The highest BCUT2D eigenvalue weighted by Crippen LogP contribution is 2.46. The number of benzene rings is 3. The van der Waals surface area contributed by atoms with Gasteiger partial charge in [0.1, 0.15) is 17.5 Å². The summed E-state index contributed by atoms with van der Waals surface area (Å²) in [5.74, 6) is 0.227. The van der Waals surface area contributed by atoms with Crippen molar-refractivity contribution in [2.24, 2.45) is 0 Å². The molecule has 3 aromatic rings. The molecule has 144 valence electrons. The molecule has 0 amide bonds. The number of hydrogen-bond acceptors (Lipinski definition) is 6. The molecule has 29 heavy (non-hydrogen) atoms. The number of fused-ring (bicyclic) bond motifs is 1. The molecule has 4 rings (SSSR count). The second-order valence-electron chi connectivity index (χ2n) is 6.54. The lowest BCUT2D eigenvalue weighted by atomic mass is 9.99. The number of ether oxygens (including phenoxy) is 2. The first-order valence-electron chi connectivity index (χ1n) is 9.04. The number of nitrogens with zero attached hydrogens (tertiary/aromatic N) is 2. The summed E-state index contributed by atoms with van der Waals surface area (Å²) in [7, 11) is 1.32. The van der Waals surface area contributed by atoms with E-state index >= 15 is 0 Å². The average molecular weight is 386 g/mol. The Kier molecular flexibility index (Phi) is 4.80. The van der Waals surface area contributed by atoms with Crippen molar-refractivity contribution >= 4 is 11.7 Å². The molecule has 0 aliphatic carbocycles. The van der Waals surface area contributed by atoms with E-state index < -0.39 is 18.2 Å². The third kappa shape index (κ3) is 3.23. The van der Waals surface area contributed by atoms with Crippen LogP contribution in [0, 0.1) is 11.3 Å². The molecular formula is C23H18N2O4. The van der Waals surface area contributed by atoms with E-state index in [1.54, 1.807) is 53.4 Å². The van der Waals surface area contributed by atoms with Crippen molar-refractivity contribution in [3.8, 4) is 17.6 Å². The van der Waals surface area contributed by atoms with Gasteiger partial charge in [0.2, 0.25) is 6.23 Å². The predicted octanol–water partition coefficient (Wildman–Crippen LogP) is 4.34. The Labute approximate surface area is 168 Å². The van der Waals surface area contributed by atoms with Crippen LogP contribution in [-0.2, 0) is 4.74 Å². The monoisotopic (exact) mass is 386 g/mol. The normalized spacial score (nSPS) is 17.6. The van der Waals surface area contributed by atoms with Crippen molar-refractivity contribution in [1.82, 2.24) is 0 Å². The van der Waals surface area contributed by atoms with Crippen molar-refractivity contribution in [2.75, 3.05) is 12.0 Å². The number of hydrogen-bond donors (Lipinski definition) is 1. The molecule has 0 saturated carbocycles. The van der Waals surface area contributed by atoms with Crippen LogP contribution in [0.15, 0.2) is 72.8 Å². The maximum Gasteiger partial charge on any atom is 0.337 e. The molecule has 1 heterocycles. The molecule has 0 aromatic heterocycles. The molecule has 6 nitrogen and oxygen atoms in total. The SMILES string of the molecule is COC(=O)c1ccc(N2C(C#N)c3ccccc3OC2c2ccccc2O)cc1. The first-order chi connectivity index (χ1) is 14.1. The Morgan fingerprint density at radius 3 is 2.34 bits per heavy atom. The minimum Gasteiger partial charge on any atom is -0.507 e. The number of phenols is 1. The van der Waals surface area contributed by atoms with Crippen LogP contribution in [0.2, 0.25) is 0 Å². The molecule has 0 saturated heterocycles. The molecule has 2 unspecified atom stereocenters. The van der Waals surface area contributed by atoms with Gasteiger partial charge in [0, 0.05) is 11.3 Å². The van der Waals surface area contributed by atoms with E-state index in [0.717, 1.165) is 5.56 Å². The zero-order valence-corrected chi connectivity index (χ0v) is 15.6. The predicted molar refractivity (Wildman–Crippen MR) is 107 cm³/mol. The third-order valence-electron chi connectivity index (χ3n) is 4.89. The quantitative estimate of drug-likeness (QED) is 0.674. The fraction of sp³-hybridized carbons (Fsp3) is 0.130. The second kappa shape index (κ2) is 7.56. The highest BCUT2D eigenvalue weighted by Gasteiger charge is 2.38. The highest BCUT2D eigenvalue weighted by atomic mass is 16.5. The molecular weight excluding hydrogens is 368 g/mol. The van der Waals surface area contributed by atoms with Gasteiger partial charge in [0.15, 0.2) is 0 Å². The van der Waals surface area contributed by atoms with E-state index in [9.17, 15) is 15.2 Å². The summed E-state index contributed by atoms with van der Waals surface area (Å²) < 4.78 is 11.0. The van der Waals surface area contributed by atoms with E-state index in [0.29, 0.717) is 22.6 Å². The van der Waals surface area contributed by atoms with Crippen molar-refractivity contribution in [3.05, 3.63) is 89.5 Å². The summed E-state index contributed by atoms with van der Waals surface area (Å²) in [6, 6.07) is 22.7. The third-order valence-corrected chi connectivity index (χ3v) is 4.89. The van der Waals surface area contributed by atoms with Crippen LogP contribution in [0.5, 0.6) is 11.5 Å². The number of anilines is 1. The van der Waals surface area contributed by atoms with E-state index in [1.165, 1.54) is 7.11 Å². The van der Waals surface area contributed by atoms with Gasteiger partial charge in [-0.2, -0.15) is 5.26 Å². The van der Waals surface area contributed by atoms with Gasteiger partial charge < -0.3 is 19.5 Å². The van der Waals surface area contributed by atoms with Gasteiger partial charge >= 0.3 is 5.97 Å². The zero-order valence-electron chi connectivity index (χ0n) is 15.6. The largest absolute Gasteiger partial charge is 0.507 e. The number of carbonyl (C=O) groups is 1. The zero-order chi connectivity index (χ0) is 20.4. The maximum absolute atomic E-state index is 11.8. The van der Waals surface area contributed by atoms with Crippen molar-refractivity contribution in [2.45, 2.75) is 12.3 Å². The number of methoxy groups -OCH3 is 1. The Morgan fingerprint density at radius 1 is 1.03 bits per heavy atom. The van der Waals surface area contributed by atoms with Gasteiger partial charge in [-0.3, -0.25) is 0 Å². The Balaban J connectivity index is 1.86. The molecule has 0 spiro atoms. The van der Waals surface area contributed by atoms with Crippen LogP contribution in [0.4, 0.5) is 5.69 Å². The number of phenolic OH excluding ortho intramolecular Hbond substituents is 1. The van der Waals surface area contributed by atoms with E-state index in [-0.39, 0.29) is 5.75 Å². The minimum absolute atomic E-state index is 0.0738. The molecule has 0 bridgehead atoms. The summed E-state index contributed by atoms with van der Waals surface area (Å²) >= 11 is 0. The average Bonchev–Trinajstić information content (AvgIpc) is 2.77. The fourth-order valence-electron chi connectivity index (χ4n) is 3.49. The molecule has 1 N–H and O–H groups in total. The lowest BCUT2D eigenvalue weighted by Gasteiger charge is -2.41. The van der Waals surface area contributed by atoms with Gasteiger partial charge in [0.25, 0.3) is 0 Å². The number of carbonyl (C=O) groups excluding carboxylic acids is 1. The highest BCUT2D eigenvalue weighted by molar-refractivity contribution is 5.89. The van der Waals surface area contributed by atoms with Gasteiger partial charge in [0.05, 0.1) is 24.3 Å². The summed E-state index contributed by atoms with van der Waals surface area (Å²) in [6.45, 7) is 0. The molecule has 3 aromatic carbocycles. The Bertz CT molecular complexity index is 1090. The first-order valence-corrected chi connectivity index (χ1v) is 9.04. The fourth-order valence-corrected chi connectivity index (χ4v) is 3.49. The molecule has 6 heteroatoms. The van der Waals surface area contributed by atoms with E-state index in [4.69, 9.17) is 9.47 Å². The molecule has 2 atom stereocenters. The van der Waals surface area contributed by atoms with Crippen LogP contribution in [-0.4, -0.2) is 18.2 Å². The van der Waals surface area contributed by atoms with Crippen molar-refractivity contribution < 1.29 is 19.4 Å². The van der Waals surface area contributed by atoms with Crippen LogP contribution >= 0.6 is 0 Å². The van der Waals surface area contributed by atoms with Crippen LogP contribution in [0.3, 0.4) is 0 Å². The Morgan fingerprint density at radius 2 is 1.69 bits per heavy atom. The van der Waals surface area contributed by atoms with Crippen molar-refractivity contribution in [1.29, 1.82) is 5.26 Å². The van der Waals surface area contributed by atoms with E-state index in [1.807, 2.05) is 24.3 Å². The van der Waals surface area contributed by atoms with Crippen molar-refractivity contribution in [3.63, 3.8) is 0 Å². The lowest BCUT2D eigenvalue weighted by Crippen LogP contribution is -2.39. The number of nitriles is 1. The van der Waals surface area contributed by atoms with Gasteiger partial charge in [-0.15, -0.1) is 0 Å². The smallest absolute Gasteiger partial charge is 0.337 e. The summed E-state index contributed by atoms with van der Waals surface area (Å²) in [5, 5.41) is 20.4. The summed E-state index contributed by atoms with van der Waals surface area (Å²) in [6.07, 6.45) is -0.722. The minimum atomic E-state index is -0.722. The number of rotatable bonds is 3. The number of para-hydroxylation sites is 2. The number of esters is 1. The number of aromatic hydroxyl groups is 1. The molecule has 0 radical (unpaired) electrons. The van der Waals surface area contributed by atoms with Crippen LogP contribution in [0.1, 0.15) is 33.8 Å². The van der Waals surface area contributed by atoms with Gasteiger partial charge in [-0.1, -0.05) is 30.3 Å². The van der Waals surface area contributed by atoms with E-state index in [2.05, 4.69) is 6.07 Å². The molecule has 1 aliphatic rings. The topological polar surface area (TPSA) is 82.8 Å². The van der Waals surface area contributed by atoms with Gasteiger partial charge in [-0.05, 0) is 42.5 Å². The molecule has 0 fully saturated rings. The lowest BCUT2D eigenvalue weighted by molar-refractivity contribution is 0.0600. The molecule has 1 aliphatic heterocycles. The second-order valence-corrected chi connectivity index (χ2v) is 6.54. The van der Waals surface area contributed by atoms with Crippen LogP contribution in [0.25, 0.3) is 0 Å². The first kappa shape index (κ1) is 18.4. The van der Waals surface area contributed by atoms with Crippen LogP contribution < -0.4 is 9.64 Å². The Hall–Kier alpha value is -3.98. The summed E-state index contributed by atoms with van der Waals surface area (Å²) in [5.41, 5.74) is 2.35.